The Labute approximate surface area is 110 Å². The lowest BCUT2D eigenvalue weighted by Gasteiger charge is -2.16. The van der Waals surface area contributed by atoms with Gasteiger partial charge in [-0.05, 0) is 30.8 Å². The third-order valence-electron chi connectivity index (χ3n) is 3.00. The van der Waals surface area contributed by atoms with Crippen LogP contribution in [0.5, 0.6) is 5.75 Å². The number of nitrogens with two attached hydrogens (primary N) is 1. The molecule has 98 valence electrons. The topological polar surface area (TPSA) is 61.5 Å². The second-order valence-corrected chi connectivity index (χ2v) is 4.29. The first-order chi connectivity index (χ1) is 9.38. The monoisotopic (exact) mass is 257 g/mol. The van der Waals surface area contributed by atoms with Crippen molar-refractivity contribution in [3.05, 3.63) is 54.7 Å². The number of fused-ring (bicyclic) bond motifs is 1. The minimum atomic E-state index is -0.198. The van der Waals surface area contributed by atoms with Crippen molar-refractivity contribution in [2.75, 3.05) is 6.54 Å². The van der Waals surface area contributed by atoms with Crippen LogP contribution in [0, 0.1) is 0 Å². The van der Waals surface area contributed by atoms with Crippen LogP contribution in [-0.2, 0) is 0 Å². The third-order valence-corrected chi connectivity index (χ3v) is 3.00. The summed E-state index contributed by atoms with van der Waals surface area (Å²) in [6, 6.07) is 11.5. The maximum absolute atomic E-state index is 6.00. The first kappa shape index (κ1) is 11.9. The molecular formula is C15H15NO3. The molecule has 1 atom stereocenters. The van der Waals surface area contributed by atoms with E-state index in [1.807, 2.05) is 36.4 Å². The van der Waals surface area contributed by atoms with Crippen molar-refractivity contribution in [3.8, 4) is 5.75 Å². The van der Waals surface area contributed by atoms with E-state index in [2.05, 4.69) is 0 Å². The van der Waals surface area contributed by atoms with Crippen LogP contribution in [0.15, 0.2) is 57.8 Å². The summed E-state index contributed by atoms with van der Waals surface area (Å²) in [6.45, 7) is 0.527. The Morgan fingerprint density at radius 1 is 1.05 bits per heavy atom. The van der Waals surface area contributed by atoms with Crippen molar-refractivity contribution < 1.29 is 13.6 Å². The molecule has 19 heavy (non-hydrogen) atoms. The summed E-state index contributed by atoms with van der Waals surface area (Å²) in [7, 11) is 0. The van der Waals surface area contributed by atoms with Crippen LogP contribution >= 0.6 is 0 Å². The fourth-order valence-electron chi connectivity index (χ4n) is 2.10. The van der Waals surface area contributed by atoms with E-state index in [4.69, 9.17) is 19.3 Å². The Hall–Kier alpha value is -2.20. The molecule has 0 aliphatic rings. The van der Waals surface area contributed by atoms with Crippen LogP contribution < -0.4 is 10.5 Å². The molecule has 0 bridgehead atoms. The quantitative estimate of drug-likeness (QED) is 0.760. The highest BCUT2D eigenvalue weighted by Gasteiger charge is 2.17. The van der Waals surface area contributed by atoms with E-state index in [1.165, 1.54) is 0 Å². The fraction of sp³-hybridized carbons (Fsp3) is 0.200. The Bertz CT molecular complexity index is 642. The molecular weight excluding hydrogens is 242 g/mol. The van der Waals surface area contributed by atoms with Crippen LogP contribution in [0.3, 0.4) is 0 Å². The molecule has 2 heterocycles. The van der Waals surface area contributed by atoms with Crippen molar-refractivity contribution >= 4 is 11.0 Å². The standard InChI is InChI=1S/C15H15NO3/c16-8-6-13(12-5-2-9-17-12)19-14-4-1-3-11-7-10-18-15(11)14/h1-5,7,9-10,13H,6,8,16H2/t13-/m0/s1. The predicted octanol–water partition coefficient (Wildman–Crippen LogP) is 3.49. The number of hydrogen-bond acceptors (Lipinski definition) is 4. The summed E-state index contributed by atoms with van der Waals surface area (Å²) < 4.78 is 16.9. The van der Waals surface area contributed by atoms with Crippen molar-refractivity contribution in [2.45, 2.75) is 12.5 Å². The summed E-state index contributed by atoms with van der Waals surface area (Å²) in [6.07, 6.45) is 3.78. The van der Waals surface area contributed by atoms with Crippen LogP contribution in [-0.4, -0.2) is 6.54 Å². The van der Waals surface area contributed by atoms with Crippen molar-refractivity contribution in [1.29, 1.82) is 0 Å². The van der Waals surface area contributed by atoms with Gasteiger partial charge in [0.2, 0.25) is 0 Å². The normalized spacial score (nSPS) is 12.7. The van der Waals surface area contributed by atoms with Gasteiger partial charge in [0, 0.05) is 11.8 Å². The summed E-state index contributed by atoms with van der Waals surface area (Å²) in [5.41, 5.74) is 6.38. The molecule has 2 N–H and O–H groups in total. The first-order valence-corrected chi connectivity index (χ1v) is 6.25. The molecule has 0 unspecified atom stereocenters. The van der Waals surface area contributed by atoms with Crippen LogP contribution in [0.25, 0.3) is 11.0 Å². The van der Waals surface area contributed by atoms with Gasteiger partial charge in [-0.25, -0.2) is 0 Å². The van der Waals surface area contributed by atoms with Gasteiger partial charge in [0.05, 0.1) is 12.5 Å². The van der Waals surface area contributed by atoms with Gasteiger partial charge in [-0.15, -0.1) is 0 Å². The Morgan fingerprint density at radius 3 is 2.79 bits per heavy atom. The number of furan rings is 2. The van der Waals surface area contributed by atoms with Crippen molar-refractivity contribution in [2.24, 2.45) is 5.73 Å². The zero-order valence-electron chi connectivity index (χ0n) is 10.4. The number of rotatable bonds is 5. The van der Waals surface area contributed by atoms with Gasteiger partial charge in [-0.2, -0.15) is 0 Å². The fourth-order valence-corrected chi connectivity index (χ4v) is 2.10. The number of para-hydroxylation sites is 1. The molecule has 0 fully saturated rings. The highest BCUT2D eigenvalue weighted by atomic mass is 16.5. The second kappa shape index (κ2) is 5.20. The maximum Gasteiger partial charge on any atom is 0.175 e. The first-order valence-electron chi connectivity index (χ1n) is 6.25. The highest BCUT2D eigenvalue weighted by Crippen LogP contribution is 2.31. The minimum Gasteiger partial charge on any atom is -0.478 e. The number of benzene rings is 1. The molecule has 0 aliphatic heterocycles. The SMILES string of the molecule is NCC[C@H](Oc1cccc2ccoc12)c1ccco1. The Morgan fingerprint density at radius 2 is 2.00 bits per heavy atom. The van der Waals surface area contributed by atoms with E-state index in [0.29, 0.717) is 18.7 Å². The Balaban J connectivity index is 1.91. The van der Waals surface area contributed by atoms with Gasteiger partial charge in [0.1, 0.15) is 5.76 Å². The molecule has 0 saturated carbocycles. The molecule has 0 aliphatic carbocycles. The molecule has 4 heteroatoms. The molecule has 4 nitrogen and oxygen atoms in total. The average molecular weight is 257 g/mol. The summed E-state index contributed by atoms with van der Waals surface area (Å²) >= 11 is 0. The van der Waals surface area contributed by atoms with Crippen molar-refractivity contribution in [3.63, 3.8) is 0 Å². The molecule has 3 aromatic rings. The second-order valence-electron chi connectivity index (χ2n) is 4.29. The molecule has 1 aromatic carbocycles. The van der Waals surface area contributed by atoms with E-state index >= 15 is 0 Å². The molecule has 0 spiro atoms. The summed E-state index contributed by atoms with van der Waals surface area (Å²) in [4.78, 5) is 0. The zero-order chi connectivity index (χ0) is 13.1. The largest absolute Gasteiger partial charge is 0.478 e. The van der Waals surface area contributed by atoms with Gasteiger partial charge in [0.25, 0.3) is 0 Å². The predicted molar refractivity (Wildman–Crippen MR) is 72.0 cm³/mol. The van der Waals surface area contributed by atoms with Gasteiger partial charge < -0.3 is 19.3 Å². The van der Waals surface area contributed by atoms with Crippen LogP contribution in [0.1, 0.15) is 18.3 Å². The maximum atomic E-state index is 6.00. The molecule has 3 rings (SSSR count). The van der Waals surface area contributed by atoms with Crippen LogP contribution in [0.4, 0.5) is 0 Å². The molecule has 0 amide bonds. The lowest BCUT2D eigenvalue weighted by atomic mass is 10.2. The van der Waals surface area contributed by atoms with Crippen LogP contribution in [0.2, 0.25) is 0 Å². The molecule has 0 saturated heterocycles. The number of ether oxygens (including phenoxy) is 1. The molecule has 2 aromatic heterocycles. The van der Waals surface area contributed by atoms with Gasteiger partial charge in [0.15, 0.2) is 17.4 Å². The number of hydrogen-bond donors (Lipinski definition) is 1. The zero-order valence-corrected chi connectivity index (χ0v) is 10.4. The van der Waals surface area contributed by atoms with E-state index in [-0.39, 0.29) is 6.10 Å². The smallest absolute Gasteiger partial charge is 0.175 e. The van der Waals surface area contributed by atoms with E-state index in [9.17, 15) is 0 Å². The summed E-state index contributed by atoms with van der Waals surface area (Å²) in [5.74, 6) is 1.48. The van der Waals surface area contributed by atoms with Gasteiger partial charge in [-0.3, -0.25) is 0 Å². The minimum absolute atomic E-state index is 0.198. The van der Waals surface area contributed by atoms with E-state index in [1.54, 1.807) is 12.5 Å². The molecule has 0 radical (unpaired) electrons. The van der Waals surface area contributed by atoms with Crippen molar-refractivity contribution in [1.82, 2.24) is 0 Å². The lowest BCUT2D eigenvalue weighted by Crippen LogP contribution is -2.12. The third kappa shape index (κ3) is 2.35. The summed E-state index contributed by atoms with van der Waals surface area (Å²) in [5, 5.41) is 1.02. The van der Waals surface area contributed by atoms with E-state index in [0.717, 1.165) is 16.7 Å². The highest BCUT2D eigenvalue weighted by molar-refractivity contribution is 5.82. The van der Waals surface area contributed by atoms with Gasteiger partial charge in [-0.1, -0.05) is 12.1 Å². The lowest BCUT2D eigenvalue weighted by molar-refractivity contribution is 0.169. The average Bonchev–Trinajstić information content (AvgIpc) is 3.10. The van der Waals surface area contributed by atoms with E-state index < -0.39 is 0 Å². The Kier molecular flexibility index (Phi) is 3.25. The van der Waals surface area contributed by atoms with Gasteiger partial charge >= 0.3 is 0 Å².